The zero-order valence-corrected chi connectivity index (χ0v) is 11.3. The summed E-state index contributed by atoms with van der Waals surface area (Å²) in [6.45, 7) is 1.36. The van der Waals surface area contributed by atoms with Gasteiger partial charge in [-0.05, 0) is 6.92 Å². The van der Waals surface area contributed by atoms with E-state index in [-0.39, 0.29) is 31.1 Å². The Morgan fingerprint density at radius 2 is 1.95 bits per heavy atom. The molecule has 0 saturated carbocycles. The Labute approximate surface area is 115 Å². The maximum atomic E-state index is 13.7. The molecule has 0 amide bonds. The molecule has 112 valence electrons. The van der Waals surface area contributed by atoms with Crippen LogP contribution in [0.5, 0.6) is 5.75 Å². The van der Waals surface area contributed by atoms with Gasteiger partial charge in [0.25, 0.3) is 0 Å². The average molecular weight is 289 g/mol. The minimum atomic E-state index is -1.03. The third kappa shape index (κ3) is 4.43. The smallest absolute Gasteiger partial charge is 0.332 e. The van der Waals surface area contributed by atoms with Gasteiger partial charge in [-0.1, -0.05) is 0 Å². The second-order valence-corrected chi connectivity index (χ2v) is 3.93. The third-order valence-corrected chi connectivity index (χ3v) is 2.48. The summed E-state index contributed by atoms with van der Waals surface area (Å²) < 4.78 is 41.8. The average Bonchev–Trinajstić information content (AvgIpc) is 2.38. The van der Waals surface area contributed by atoms with Gasteiger partial charge in [0.05, 0.1) is 26.4 Å². The molecule has 1 unspecified atom stereocenters. The van der Waals surface area contributed by atoms with Crippen molar-refractivity contribution in [1.82, 2.24) is 0 Å². The summed E-state index contributed by atoms with van der Waals surface area (Å²) >= 11 is 0. The summed E-state index contributed by atoms with van der Waals surface area (Å²) in [4.78, 5) is 11.0. The van der Waals surface area contributed by atoms with Gasteiger partial charge in [0, 0.05) is 17.7 Å². The maximum absolute atomic E-state index is 13.7. The Kier molecular flexibility index (Phi) is 6.33. The van der Waals surface area contributed by atoms with Crippen LogP contribution in [0.3, 0.4) is 0 Å². The molecular weight excluding hydrogens is 272 g/mol. The van der Waals surface area contributed by atoms with Gasteiger partial charge in [-0.25, -0.2) is 13.6 Å². The molecule has 7 heteroatoms. The fourth-order valence-corrected chi connectivity index (χ4v) is 1.59. The zero-order chi connectivity index (χ0) is 15.1. The van der Waals surface area contributed by atoms with E-state index < -0.39 is 23.6 Å². The van der Waals surface area contributed by atoms with Crippen LogP contribution >= 0.6 is 0 Å². The van der Waals surface area contributed by atoms with Crippen molar-refractivity contribution in [1.29, 1.82) is 0 Å². The number of methoxy groups -OCH3 is 1. The Bertz CT molecular complexity index is 445. The number of carbonyl (C=O) groups is 1. The lowest BCUT2D eigenvalue weighted by Gasteiger charge is -2.15. The van der Waals surface area contributed by atoms with Crippen molar-refractivity contribution >= 4 is 5.97 Å². The molecule has 0 saturated heterocycles. The molecule has 0 aliphatic carbocycles. The number of benzene rings is 1. The molecule has 0 radical (unpaired) electrons. The van der Waals surface area contributed by atoms with Crippen LogP contribution in [0.15, 0.2) is 12.1 Å². The van der Waals surface area contributed by atoms with Crippen LogP contribution in [0.2, 0.25) is 0 Å². The lowest BCUT2D eigenvalue weighted by atomic mass is 10.1. The van der Waals surface area contributed by atoms with Crippen molar-refractivity contribution < 1.29 is 27.8 Å². The first kappa shape index (κ1) is 16.3. The summed E-state index contributed by atoms with van der Waals surface area (Å²) in [5.41, 5.74) is 5.34. The Balaban J connectivity index is 2.64. The first-order chi connectivity index (χ1) is 9.49. The quantitative estimate of drug-likeness (QED) is 0.771. The summed E-state index contributed by atoms with van der Waals surface area (Å²) in [7, 11) is 1.30. The van der Waals surface area contributed by atoms with Crippen molar-refractivity contribution in [2.24, 2.45) is 5.73 Å². The lowest BCUT2D eigenvalue weighted by molar-refractivity contribution is -0.148. The molecule has 1 atom stereocenters. The second kappa shape index (κ2) is 7.76. The largest absolute Gasteiger partial charge is 0.497 e. The molecule has 1 aromatic carbocycles. The van der Waals surface area contributed by atoms with Gasteiger partial charge in [0.2, 0.25) is 0 Å². The number of hydrogen-bond acceptors (Lipinski definition) is 5. The Morgan fingerprint density at radius 1 is 1.35 bits per heavy atom. The van der Waals surface area contributed by atoms with Gasteiger partial charge >= 0.3 is 5.97 Å². The van der Waals surface area contributed by atoms with Crippen molar-refractivity contribution in [3.63, 3.8) is 0 Å². The van der Waals surface area contributed by atoms with Crippen LogP contribution in [0.4, 0.5) is 8.78 Å². The van der Waals surface area contributed by atoms with Gasteiger partial charge in [-0.2, -0.15) is 0 Å². The van der Waals surface area contributed by atoms with Crippen LogP contribution in [0.25, 0.3) is 0 Å². The monoisotopic (exact) mass is 289 g/mol. The standard InChI is InChI=1S/C13H17F2NO4/c1-3-20-12(17)7-19-6-11(16)13-9(14)4-8(18-2)5-10(13)15/h4-5,11H,3,6-7,16H2,1-2H3. The molecule has 1 rings (SSSR count). The van der Waals surface area contributed by atoms with Gasteiger partial charge < -0.3 is 19.9 Å². The summed E-state index contributed by atoms with van der Waals surface area (Å²) in [5.74, 6) is -2.15. The molecular formula is C13H17F2NO4. The number of halogens is 2. The number of carbonyl (C=O) groups excluding carboxylic acids is 1. The number of rotatable bonds is 7. The normalized spacial score (nSPS) is 12.1. The van der Waals surface area contributed by atoms with Crippen LogP contribution < -0.4 is 10.5 Å². The number of nitrogens with two attached hydrogens (primary N) is 1. The molecule has 0 bridgehead atoms. The lowest BCUT2D eigenvalue weighted by Crippen LogP contribution is -2.23. The predicted molar refractivity (Wildman–Crippen MR) is 67.3 cm³/mol. The zero-order valence-electron chi connectivity index (χ0n) is 11.3. The molecule has 0 heterocycles. The van der Waals surface area contributed by atoms with Crippen molar-refractivity contribution in [2.45, 2.75) is 13.0 Å². The molecule has 0 fully saturated rings. The highest BCUT2D eigenvalue weighted by molar-refractivity contribution is 5.70. The van der Waals surface area contributed by atoms with Gasteiger partial charge in [-0.15, -0.1) is 0 Å². The van der Waals surface area contributed by atoms with E-state index in [2.05, 4.69) is 4.74 Å². The molecule has 5 nitrogen and oxygen atoms in total. The fraction of sp³-hybridized carbons (Fsp3) is 0.462. The van der Waals surface area contributed by atoms with Crippen molar-refractivity contribution in [3.8, 4) is 5.75 Å². The molecule has 0 aromatic heterocycles. The van der Waals surface area contributed by atoms with E-state index in [1.807, 2.05) is 0 Å². The Morgan fingerprint density at radius 3 is 2.45 bits per heavy atom. The van der Waals surface area contributed by atoms with Crippen LogP contribution in [-0.2, 0) is 14.3 Å². The summed E-state index contributed by atoms with van der Waals surface area (Å²) in [5, 5.41) is 0. The third-order valence-electron chi connectivity index (χ3n) is 2.48. The highest BCUT2D eigenvalue weighted by atomic mass is 19.1. The Hall–Kier alpha value is -1.73. The molecule has 2 N–H and O–H groups in total. The van der Waals surface area contributed by atoms with Gasteiger partial charge in [0.1, 0.15) is 24.0 Å². The van der Waals surface area contributed by atoms with Gasteiger partial charge in [0.15, 0.2) is 0 Å². The molecule has 0 aliphatic rings. The molecule has 1 aromatic rings. The predicted octanol–water partition coefficient (Wildman–Crippen LogP) is 1.55. The van der Waals surface area contributed by atoms with Crippen LogP contribution in [0.1, 0.15) is 18.5 Å². The van der Waals surface area contributed by atoms with Crippen LogP contribution in [-0.4, -0.2) is 32.9 Å². The summed E-state index contributed by atoms with van der Waals surface area (Å²) in [6, 6.07) is 1.03. The molecule has 20 heavy (non-hydrogen) atoms. The maximum Gasteiger partial charge on any atom is 0.332 e. The van der Waals surface area contributed by atoms with E-state index in [1.165, 1.54) is 7.11 Å². The highest BCUT2D eigenvalue weighted by Crippen LogP contribution is 2.24. The molecule has 0 aliphatic heterocycles. The topological polar surface area (TPSA) is 70.8 Å². The minimum absolute atomic E-state index is 0.0587. The van der Waals surface area contributed by atoms with Crippen molar-refractivity contribution in [3.05, 3.63) is 29.3 Å². The first-order valence-corrected chi connectivity index (χ1v) is 6.01. The molecule has 0 spiro atoms. The van der Waals surface area contributed by atoms with E-state index in [4.69, 9.17) is 15.2 Å². The highest BCUT2D eigenvalue weighted by Gasteiger charge is 2.19. The first-order valence-electron chi connectivity index (χ1n) is 6.01. The van der Waals surface area contributed by atoms with Gasteiger partial charge in [-0.3, -0.25) is 0 Å². The van der Waals surface area contributed by atoms with E-state index in [1.54, 1.807) is 6.92 Å². The number of hydrogen-bond donors (Lipinski definition) is 1. The van der Waals surface area contributed by atoms with E-state index >= 15 is 0 Å². The van der Waals surface area contributed by atoms with E-state index in [0.717, 1.165) is 12.1 Å². The van der Waals surface area contributed by atoms with Crippen molar-refractivity contribution in [2.75, 3.05) is 26.9 Å². The number of esters is 1. The second-order valence-electron chi connectivity index (χ2n) is 3.93. The minimum Gasteiger partial charge on any atom is -0.497 e. The summed E-state index contributed by atoms with van der Waals surface area (Å²) in [6.07, 6.45) is 0. The van der Waals surface area contributed by atoms with E-state index in [9.17, 15) is 13.6 Å². The number of ether oxygens (including phenoxy) is 3. The van der Waals surface area contributed by atoms with E-state index in [0.29, 0.717) is 0 Å². The fourth-order valence-electron chi connectivity index (χ4n) is 1.59. The SMILES string of the molecule is CCOC(=O)COCC(N)c1c(F)cc(OC)cc1F. The van der Waals surface area contributed by atoms with Crippen LogP contribution in [0, 0.1) is 11.6 Å².